The predicted octanol–water partition coefficient (Wildman–Crippen LogP) is 2.06. The summed E-state index contributed by atoms with van der Waals surface area (Å²) in [5, 5.41) is 3.36. The standard InChI is InChI=1S/C16H31N3O2/c17-16(19-15-6-3-1-2-4-7-15)18-9-5-10-20-12-14-8-11-21-13-14/h14-15H,1-13H2,(H3,17,18,19). The molecule has 0 aromatic carbocycles. The Hall–Kier alpha value is -0.810. The van der Waals surface area contributed by atoms with Crippen LogP contribution in [0.25, 0.3) is 0 Å². The zero-order valence-corrected chi connectivity index (χ0v) is 13.2. The van der Waals surface area contributed by atoms with Crippen LogP contribution in [0.4, 0.5) is 0 Å². The maximum atomic E-state index is 5.95. The molecule has 1 saturated heterocycles. The van der Waals surface area contributed by atoms with E-state index in [2.05, 4.69) is 10.3 Å². The lowest BCUT2D eigenvalue weighted by molar-refractivity contribution is 0.0893. The molecular formula is C16H31N3O2. The summed E-state index contributed by atoms with van der Waals surface area (Å²) in [7, 11) is 0. The maximum absolute atomic E-state index is 5.95. The minimum absolute atomic E-state index is 0.523. The zero-order valence-electron chi connectivity index (χ0n) is 13.2. The van der Waals surface area contributed by atoms with Crippen molar-refractivity contribution in [2.75, 3.05) is 33.0 Å². The second-order valence-corrected chi connectivity index (χ2v) is 6.26. The van der Waals surface area contributed by atoms with Gasteiger partial charge in [0.25, 0.3) is 0 Å². The van der Waals surface area contributed by atoms with Gasteiger partial charge in [-0.3, -0.25) is 4.99 Å². The van der Waals surface area contributed by atoms with Crippen molar-refractivity contribution < 1.29 is 9.47 Å². The fourth-order valence-electron chi connectivity index (χ4n) is 3.01. The van der Waals surface area contributed by atoms with Gasteiger partial charge in [0.15, 0.2) is 5.96 Å². The second kappa shape index (κ2) is 10.0. The van der Waals surface area contributed by atoms with E-state index < -0.39 is 0 Å². The van der Waals surface area contributed by atoms with E-state index in [0.717, 1.165) is 45.8 Å². The minimum Gasteiger partial charge on any atom is -0.381 e. The van der Waals surface area contributed by atoms with Crippen LogP contribution in [0.3, 0.4) is 0 Å². The normalized spacial score (nSPS) is 25.0. The molecule has 0 spiro atoms. The average molecular weight is 297 g/mol. The van der Waals surface area contributed by atoms with Crippen molar-refractivity contribution in [2.24, 2.45) is 16.6 Å². The Morgan fingerprint density at radius 1 is 1.19 bits per heavy atom. The minimum atomic E-state index is 0.523. The van der Waals surface area contributed by atoms with E-state index in [1.165, 1.54) is 38.5 Å². The van der Waals surface area contributed by atoms with E-state index in [9.17, 15) is 0 Å². The Labute approximate surface area is 128 Å². The summed E-state index contributed by atoms with van der Waals surface area (Å²) >= 11 is 0. The lowest BCUT2D eigenvalue weighted by Crippen LogP contribution is -2.39. The molecular weight excluding hydrogens is 266 g/mol. The summed E-state index contributed by atoms with van der Waals surface area (Å²) in [6, 6.07) is 0.523. The highest BCUT2D eigenvalue weighted by atomic mass is 16.5. The van der Waals surface area contributed by atoms with Crippen LogP contribution in [0, 0.1) is 5.92 Å². The molecule has 21 heavy (non-hydrogen) atoms. The van der Waals surface area contributed by atoms with Crippen LogP contribution in [0.15, 0.2) is 4.99 Å². The maximum Gasteiger partial charge on any atom is 0.188 e. The molecule has 1 aliphatic heterocycles. The van der Waals surface area contributed by atoms with E-state index in [1.807, 2.05) is 0 Å². The molecule has 2 aliphatic rings. The molecule has 1 saturated carbocycles. The average Bonchev–Trinajstić information content (AvgIpc) is 2.87. The topological polar surface area (TPSA) is 68.9 Å². The molecule has 3 N–H and O–H groups in total. The lowest BCUT2D eigenvalue weighted by atomic mass is 10.1. The molecule has 0 bridgehead atoms. The number of nitrogens with two attached hydrogens (primary N) is 1. The number of hydrogen-bond donors (Lipinski definition) is 2. The van der Waals surface area contributed by atoms with Gasteiger partial charge < -0.3 is 20.5 Å². The van der Waals surface area contributed by atoms with Crippen LogP contribution in [0.5, 0.6) is 0 Å². The smallest absolute Gasteiger partial charge is 0.188 e. The van der Waals surface area contributed by atoms with Crippen molar-refractivity contribution in [3.8, 4) is 0 Å². The highest BCUT2D eigenvalue weighted by Crippen LogP contribution is 2.16. The first-order valence-electron chi connectivity index (χ1n) is 8.56. The van der Waals surface area contributed by atoms with Gasteiger partial charge in [-0.2, -0.15) is 0 Å². The number of nitrogens with zero attached hydrogens (tertiary/aromatic N) is 1. The summed E-state index contributed by atoms with van der Waals surface area (Å²) < 4.78 is 11.0. The molecule has 0 aromatic heterocycles. The molecule has 1 unspecified atom stereocenters. The van der Waals surface area contributed by atoms with E-state index in [1.54, 1.807) is 0 Å². The fourth-order valence-corrected chi connectivity index (χ4v) is 3.01. The summed E-state index contributed by atoms with van der Waals surface area (Å²) in [5.41, 5.74) is 5.95. The van der Waals surface area contributed by atoms with E-state index >= 15 is 0 Å². The molecule has 0 amide bonds. The monoisotopic (exact) mass is 297 g/mol. The summed E-state index contributed by atoms with van der Waals surface area (Å²) in [6.07, 6.45) is 9.85. The van der Waals surface area contributed by atoms with Gasteiger partial charge in [0.05, 0.1) is 13.2 Å². The third-order valence-electron chi connectivity index (χ3n) is 4.31. The van der Waals surface area contributed by atoms with Crippen molar-refractivity contribution in [1.29, 1.82) is 0 Å². The quantitative estimate of drug-likeness (QED) is 0.327. The number of hydrogen-bond acceptors (Lipinski definition) is 3. The Morgan fingerprint density at radius 2 is 2.00 bits per heavy atom. The Bertz CT molecular complexity index is 296. The van der Waals surface area contributed by atoms with Gasteiger partial charge in [0.2, 0.25) is 0 Å². The van der Waals surface area contributed by atoms with Gasteiger partial charge in [-0.15, -0.1) is 0 Å². The molecule has 0 aromatic rings. The van der Waals surface area contributed by atoms with E-state index in [4.69, 9.17) is 15.2 Å². The predicted molar refractivity (Wildman–Crippen MR) is 85.5 cm³/mol. The van der Waals surface area contributed by atoms with Crippen LogP contribution in [-0.4, -0.2) is 45.0 Å². The van der Waals surface area contributed by atoms with Crippen molar-refractivity contribution in [2.45, 2.75) is 57.4 Å². The first-order valence-corrected chi connectivity index (χ1v) is 8.56. The van der Waals surface area contributed by atoms with Crippen LogP contribution in [-0.2, 0) is 9.47 Å². The summed E-state index contributed by atoms with van der Waals surface area (Å²) in [5.74, 6) is 1.20. The number of ether oxygens (including phenoxy) is 2. The highest BCUT2D eigenvalue weighted by molar-refractivity contribution is 5.78. The third kappa shape index (κ3) is 7.14. The van der Waals surface area contributed by atoms with Crippen LogP contribution >= 0.6 is 0 Å². The van der Waals surface area contributed by atoms with Crippen LogP contribution < -0.4 is 11.1 Å². The number of aliphatic imine (C=N–C) groups is 1. The summed E-state index contributed by atoms with van der Waals surface area (Å²) in [6.45, 7) is 4.07. The summed E-state index contributed by atoms with van der Waals surface area (Å²) in [4.78, 5) is 4.40. The van der Waals surface area contributed by atoms with Gasteiger partial charge in [-0.05, 0) is 25.7 Å². The Balaban J connectivity index is 1.49. The van der Waals surface area contributed by atoms with Crippen LogP contribution in [0.2, 0.25) is 0 Å². The zero-order chi connectivity index (χ0) is 14.8. The van der Waals surface area contributed by atoms with Crippen molar-refractivity contribution in [1.82, 2.24) is 5.32 Å². The number of rotatable bonds is 7. The Morgan fingerprint density at radius 3 is 2.71 bits per heavy atom. The largest absolute Gasteiger partial charge is 0.381 e. The Kier molecular flexibility index (Phi) is 7.89. The molecule has 122 valence electrons. The van der Waals surface area contributed by atoms with Crippen molar-refractivity contribution in [3.05, 3.63) is 0 Å². The van der Waals surface area contributed by atoms with Gasteiger partial charge in [-0.1, -0.05) is 25.7 Å². The van der Waals surface area contributed by atoms with Gasteiger partial charge in [0.1, 0.15) is 0 Å². The molecule has 5 nitrogen and oxygen atoms in total. The molecule has 2 rings (SSSR count). The van der Waals surface area contributed by atoms with E-state index in [0.29, 0.717) is 17.9 Å². The molecule has 2 fully saturated rings. The first-order chi connectivity index (χ1) is 10.3. The molecule has 1 aliphatic carbocycles. The SMILES string of the molecule is NC(=NCCCOCC1CCOC1)NC1CCCCCC1. The lowest BCUT2D eigenvalue weighted by Gasteiger charge is -2.16. The number of nitrogens with one attached hydrogen (secondary N) is 1. The number of guanidine groups is 1. The van der Waals surface area contributed by atoms with E-state index in [-0.39, 0.29) is 0 Å². The molecule has 5 heteroatoms. The van der Waals surface area contributed by atoms with Gasteiger partial charge in [0, 0.05) is 31.7 Å². The van der Waals surface area contributed by atoms with Crippen molar-refractivity contribution in [3.63, 3.8) is 0 Å². The fraction of sp³-hybridized carbons (Fsp3) is 0.938. The molecule has 0 radical (unpaired) electrons. The van der Waals surface area contributed by atoms with Crippen LogP contribution in [0.1, 0.15) is 51.4 Å². The van der Waals surface area contributed by atoms with Gasteiger partial charge in [-0.25, -0.2) is 0 Å². The second-order valence-electron chi connectivity index (χ2n) is 6.26. The third-order valence-corrected chi connectivity index (χ3v) is 4.31. The van der Waals surface area contributed by atoms with Crippen molar-refractivity contribution >= 4 is 5.96 Å². The van der Waals surface area contributed by atoms with Gasteiger partial charge >= 0.3 is 0 Å². The highest BCUT2D eigenvalue weighted by Gasteiger charge is 2.15. The molecule has 1 heterocycles. The first kappa shape index (κ1) is 16.6. The molecule has 1 atom stereocenters.